The second-order valence-corrected chi connectivity index (χ2v) is 5.52. The zero-order valence-electron chi connectivity index (χ0n) is 10.00. The minimum atomic E-state index is -0.250. The fourth-order valence-corrected chi connectivity index (χ4v) is 3.00. The van der Waals surface area contributed by atoms with Crippen LogP contribution in [0.2, 0.25) is 0 Å². The average molecular weight is 273 g/mol. The summed E-state index contributed by atoms with van der Waals surface area (Å²) in [6.45, 7) is 0.240. The largest absolute Gasteiger partial charge is 0.391 e. The van der Waals surface area contributed by atoms with Gasteiger partial charge in [0.05, 0.1) is 24.3 Å². The molecule has 0 bridgehead atoms. The van der Waals surface area contributed by atoms with E-state index in [2.05, 4.69) is 0 Å². The molecule has 0 unspecified atom stereocenters. The van der Waals surface area contributed by atoms with Crippen LogP contribution in [-0.2, 0) is 13.2 Å². The Morgan fingerprint density at radius 2 is 1.53 bits per heavy atom. The van der Waals surface area contributed by atoms with Crippen molar-refractivity contribution < 1.29 is 14.7 Å². The molecule has 0 spiro atoms. The van der Waals surface area contributed by atoms with Crippen LogP contribution in [0.5, 0.6) is 0 Å². The summed E-state index contributed by atoms with van der Waals surface area (Å²) in [6, 6.07) is 10.5. The number of aliphatic hydroxyl groups is 1. The van der Waals surface area contributed by atoms with Gasteiger partial charge in [-0.15, -0.1) is 11.3 Å². The van der Waals surface area contributed by atoms with Gasteiger partial charge in [0, 0.05) is 9.75 Å². The van der Waals surface area contributed by atoms with Gasteiger partial charge in [-0.25, -0.2) is 0 Å². The van der Waals surface area contributed by atoms with Crippen molar-refractivity contribution in [2.75, 3.05) is 0 Å². The molecule has 1 aliphatic rings. The minimum absolute atomic E-state index is 0.0210. The number of imide groups is 1. The van der Waals surface area contributed by atoms with E-state index in [1.165, 1.54) is 16.2 Å². The van der Waals surface area contributed by atoms with E-state index >= 15 is 0 Å². The molecule has 1 aliphatic heterocycles. The van der Waals surface area contributed by atoms with E-state index < -0.39 is 0 Å². The lowest BCUT2D eigenvalue weighted by atomic mass is 10.1. The predicted octanol–water partition coefficient (Wildman–Crippen LogP) is 2.04. The van der Waals surface area contributed by atoms with Gasteiger partial charge in [-0.1, -0.05) is 12.1 Å². The summed E-state index contributed by atoms with van der Waals surface area (Å²) in [5, 5.41) is 9.02. The normalized spacial score (nSPS) is 14.1. The molecule has 96 valence electrons. The zero-order chi connectivity index (χ0) is 13.4. The van der Waals surface area contributed by atoms with E-state index in [1.807, 2.05) is 6.07 Å². The number of fused-ring (bicyclic) bond motifs is 1. The molecule has 2 aromatic rings. The van der Waals surface area contributed by atoms with Crippen LogP contribution in [0.15, 0.2) is 36.4 Å². The molecule has 2 heterocycles. The topological polar surface area (TPSA) is 57.6 Å². The summed E-state index contributed by atoms with van der Waals surface area (Å²) < 4.78 is 0. The zero-order valence-corrected chi connectivity index (χ0v) is 10.8. The monoisotopic (exact) mass is 273 g/mol. The Hall–Kier alpha value is -1.98. The fraction of sp³-hybridized carbons (Fsp3) is 0.143. The van der Waals surface area contributed by atoms with Crippen LogP contribution in [-0.4, -0.2) is 21.8 Å². The second kappa shape index (κ2) is 4.60. The number of carbonyl (C=O) groups excluding carboxylic acids is 2. The summed E-state index contributed by atoms with van der Waals surface area (Å²) in [6.07, 6.45) is 0. The molecular formula is C14H11NO3S. The van der Waals surface area contributed by atoms with Crippen molar-refractivity contribution in [1.29, 1.82) is 0 Å². The molecule has 19 heavy (non-hydrogen) atoms. The van der Waals surface area contributed by atoms with E-state index in [-0.39, 0.29) is 25.0 Å². The van der Waals surface area contributed by atoms with Crippen LogP contribution in [0.4, 0.5) is 0 Å². The molecule has 5 heteroatoms. The molecule has 0 saturated carbocycles. The number of hydrogen-bond acceptors (Lipinski definition) is 4. The van der Waals surface area contributed by atoms with Gasteiger partial charge in [-0.3, -0.25) is 14.5 Å². The minimum Gasteiger partial charge on any atom is -0.391 e. The van der Waals surface area contributed by atoms with Crippen molar-refractivity contribution in [3.63, 3.8) is 0 Å². The molecule has 4 nitrogen and oxygen atoms in total. The standard InChI is InChI=1S/C14H11NO3S/c16-8-10-6-5-9(19-10)7-15-13(17)11-3-1-2-4-12(11)14(15)18/h1-6,16H,7-8H2. The van der Waals surface area contributed by atoms with Crippen molar-refractivity contribution >= 4 is 23.2 Å². The first-order valence-electron chi connectivity index (χ1n) is 5.84. The van der Waals surface area contributed by atoms with Crippen molar-refractivity contribution in [1.82, 2.24) is 4.90 Å². The van der Waals surface area contributed by atoms with Crippen molar-refractivity contribution in [2.45, 2.75) is 13.2 Å². The average Bonchev–Trinajstić information content (AvgIpc) is 2.99. The van der Waals surface area contributed by atoms with Gasteiger partial charge in [-0.2, -0.15) is 0 Å². The molecule has 0 atom stereocenters. The van der Waals surface area contributed by atoms with Crippen LogP contribution in [0.1, 0.15) is 30.5 Å². The molecule has 1 aromatic carbocycles. The fourth-order valence-electron chi connectivity index (χ4n) is 2.13. The first-order chi connectivity index (χ1) is 9.20. The molecule has 0 saturated heterocycles. The highest BCUT2D eigenvalue weighted by Gasteiger charge is 2.35. The second-order valence-electron chi connectivity index (χ2n) is 4.27. The van der Waals surface area contributed by atoms with E-state index in [0.29, 0.717) is 11.1 Å². The van der Waals surface area contributed by atoms with Crippen LogP contribution < -0.4 is 0 Å². The van der Waals surface area contributed by atoms with Gasteiger partial charge < -0.3 is 5.11 Å². The Kier molecular flexibility index (Phi) is 2.93. The molecule has 1 N–H and O–H groups in total. The number of benzene rings is 1. The highest BCUT2D eigenvalue weighted by molar-refractivity contribution is 7.11. The number of rotatable bonds is 3. The maximum atomic E-state index is 12.1. The highest BCUT2D eigenvalue weighted by atomic mass is 32.1. The third kappa shape index (κ3) is 1.97. The molecule has 3 rings (SSSR count). The molecular weight excluding hydrogens is 262 g/mol. The first kappa shape index (κ1) is 12.1. The van der Waals surface area contributed by atoms with E-state index in [9.17, 15) is 9.59 Å². The molecule has 1 aromatic heterocycles. The van der Waals surface area contributed by atoms with Gasteiger partial charge in [0.25, 0.3) is 11.8 Å². The van der Waals surface area contributed by atoms with Gasteiger partial charge in [0.1, 0.15) is 0 Å². The van der Waals surface area contributed by atoms with Crippen molar-refractivity contribution in [3.8, 4) is 0 Å². The SMILES string of the molecule is O=C1c2ccccc2C(=O)N1Cc1ccc(CO)s1. The van der Waals surface area contributed by atoms with E-state index in [0.717, 1.165) is 9.75 Å². The van der Waals surface area contributed by atoms with Gasteiger partial charge in [0.15, 0.2) is 0 Å². The van der Waals surface area contributed by atoms with E-state index in [4.69, 9.17) is 5.11 Å². The van der Waals surface area contributed by atoms with E-state index in [1.54, 1.807) is 30.3 Å². The maximum Gasteiger partial charge on any atom is 0.261 e. The Morgan fingerprint density at radius 1 is 0.947 bits per heavy atom. The summed E-state index contributed by atoms with van der Waals surface area (Å²) in [5.41, 5.74) is 0.929. The van der Waals surface area contributed by atoms with Crippen molar-refractivity contribution in [3.05, 3.63) is 57.3 Å². The summed E-state index contributed by atoms with van der Waals surface area (Å²) in [5.74, 6) is -0.501. The third-order valence-electron chi connectivity index (χ3n) is 3.07. The van der Waals surface area contributed by atoms with Crippen LogP contribution in [0, 0.1) is 0 Å². The summed E-state index contributed by atoms with van der Waals surface area (Å²) in [4.78, 5) is 27.3. The summed E-state index contributed by atoms with van der Waals surface area (Å²) >= 11 is 1.41. The Balaban J connectivity index is 1.88. The lowest BCUT2D eigenvalue weighted by Gasteiger charge is -2.11. The third-order valence-corrected chi connectivity index (χ3v) is 4.12. The Bertz CT molecular complexity index is 627. The Labute approximate surface area is 113 Å². The number of amides is 2. The van der Waals surface area contributed by atoms with Crippen molar-refractivity contribution in [2.24, 2.45) is 0 Å². The predicted molar refractivity (Wildman–Crippen MR) is 70.9 cm³/mol. The molecule has 2 amide bonds. The van der Waals surface area contributed by atoms with Crippen LogP contribution >= 0.6 is 11.3 Å². The first-order valence-corrected chi connectivity index (χ1v) is 6.66. The number of thiophene rings is 1. The lowest BCUT2D eigenvalue weighted by molar-refractivity contribution is 0.0644. The smallest absolute Gasteiger partial charge is 0.261 e. The lowest BCUT2D eigenvalue weighted by Crippen LogP contribution is -2.28. The van der Waals surface area contributed by atoms with Crippen LogP contribution in [0.25, 0.3) is 0 Å². The number of hydrogen-bond donors (Lipinski definition) is 1. The van der Waals surface area contributed by atoms with Gasteiger partial charge in [-0.05, 0) is 24.3 Å². The van der Waals surface area contributed by atoms with Gasteiger partial charge >= 0.3 is 0 Å². The van der Waals surface area contributed by atoms with Crippen LogP contribution in [0.3, 0.4) is 0 Å². The summed E-state index contributed by atoms with van der Waals surface area (Å²) in [7, 11) is 0. The maximum absolute atomic E-state index is 12.1. The molecule has 0 fully saturated rings. The number of carbonyl (C=O) groups is 2. The highest BCUT2D eigenvalue weighted by Crippen LogP contribution is 2.26. The molecule has 0 radical (unpaired) electrons. The van der Waals surface area contributed by atoms with Gasteiger partial charge in [0.2, 0.25) is 0 Å². The molecule has 0 aliphatic carbocycles. The number of nitrogens with zero attached hydrogens (tertiary/aromatic N) is 1. The number of aliphatic hydroxyl groups excluding tert-OH is 1. The quantitative estimate of drug-likeness (QED) is 0.871. The Morgan fingerprint density at radius 3 is 2.05 bits per heavy atom.